The predicted octanol–water partition coefficient (Wildman–Crippen LogP) is 4.90. The lowest BCUT2D eigenvalue weighted by Crippen LogP contribution is -2.15. The summed E-state index contributed by atoms with van der Waals surface area (Å²) in [5.74, 6) is -0.994. The zero-order valence-electron chi connectivity index (χ0n) is 14.0. The fourth-order valence-corrected chi connectivity index (χ4v) is 3.72. The van der Waals surface area contributed by atoms with Crippen molar-refractivity contribution < 1.29 is 14.3 Å². The van der Waals surface area contributed by atoms with Crippen molar-refractivity contribution in [1.82, 2.24) is 9.55 Å². The van der Waals surface area contributed by atoms with Crippen LogP contribution < -0.4 is 0 Å². The zero-order chi connectivity index (χ0) is 18.8. The Labute approximate surface area is 164 Å². The summed E-state index contributed by atoms with van der Waals surface area (Å²) in [5, 5.41) is 3.22. The van der Waals surface area contributed by atoms with E-state index in [1.54, 1.807) is 18.3 Å². The summed E-state index contributed by atoms with van der Waals surface area (Å²) in [4.78, 5) is 29.0. The molecule has 2 aromatic heterocycles. The van der Waals surface area contributed by atoms with Crippen LogP contribution >= 0.6 is 34.5 Å². The molecule has 0 unspecified atom stereocenters. The lowest BCUT2D eigenvalue weighted by molar-refractivity contribution is 0.0474. The molecule has 134 valence electrons. The third kappa shape index (κ3) is 3.67. The van der Waals surface area contributed by atoms with Gasteiger partial charge in [-0.2, -0.15) is 0 Å². The normalized spacial score (nSPS) is 10.8. The molecule has 0 N–H and O–H groups in total. The van der Waals surface area contributed by atoms with Gasteiger partial charge in [0.25, 0.3) is 0 Å². The highest BCUT2D eigenvalue weighted by atomic mass is 35.5. The molecule has 0 spiro atoms. The van der Waals surface area contributed by atoms with Gasteiger partial charge in [0.2, 0.25) is 5.78 Å². The summed E-state index contributed by atoms with van der Waals surface area (Å²) in [7, 11) is 0. The summed E-state index contributed by atoms with van der Waals surface area (Å²) in [6.07, 6.45) is 1.71. The zero-order valence-corrected chi connectivity index (χ0v) is 16.3. The van der Waals surface area contributed by atoms with Crippen LogP contribution in [0.15, 0.2) is 35.8 Å². The second-order valence-electron chi connectivity index (χ2n) is 5.56. The number of benzene rings is 1. The number of nitrogens with zero attached hydrogens (tertiary/aromatic N) is 2. The van der Waals surface area contributed by atoms with Crippen LogP contribution in [0.2, 0.25) is 10.0 Å². The Balaban J connectivity index is 1.76. The number of carbonyl (C=O) groups is 2. The maximum Gasteiger partial charge on any atom is 0.340 e. The fourth-order valence-electron chi connectivity index (χ4n) is 2.61. The van der Waals surface area contributed by atoms with E-state index in [4.69, 9.17) is 27.9 Å². The molecule has 0 saturated carbocycles. The summed E-state index contributed by atoms with van der Waals surface area (Å²) >= 11 is 13.3. The molecule has 2 heterocycles. The number of esters is 1. The Morgan fingerprint density at radius 3 is 2.65 bits per heavy atom. The molecule has 0 atom stereocenters. The minimum atomic E-state index is -0.695. The van der Waals surface area contributed by atoms with E-state index in [1.807, 2.05) is 23.8 Å². The number of aromatic nitrogens is 2. The van der Waals surface area contributed by atoms with Crippen molar-refractivity contribution in [2.24, 2.45) is 0 Å². The van der Waals surface area contributed by atoms with E-state index in [-0.39, 0.29) is 23.0 Å². The smallest absolute Gasteiger partial charge is 0.340 e. The molecule has 3 aromatic rings. The van der Waals surface area contributed by atoms with Gasteiger partial charge in [-0.1, -0.05) is 23.2 Å². The number of hydrogen-bond donors (Lipinski definition) is 0. The van der Waals surface area contributed by atoms with Crippen LogP contribution in [0.25, 0.3) is 5.13 Å². The van der Waals surface area contributed by atoms with Gasteiger partial charge in [0.05, 0.1) is 10.6 Å². The Morgan fingerprint density at radius 1 is 1.19 bits per heavy atom. The Bertz CT molecular complexity index is 981. The van der Waals surface area contributed by atoms with Gasteiger partial charge < -0.3 is 4.74 Å². The lowest BCUT2D eigenvalue weighted by Gasteiger charge is -2.07. The van der Waals surface area contributed by atoms with Crippen LogP contribution in [0, 0.1) is 13.8 Å². The quantitative estimate of drug-likeness (QED) is 0.444. The molecule has 0 amide bonds. The van der Waals surface area contributed by atoms with Gasteiger partial charge in [0.15, 0.2) is 11.7 Å². The maximum atomic E-state index is 12.5. The van der Waals surface area contributed by atoms with E-state index in [9.17, 15) is 9.59 Å². The van der Waals surface area contributed by atoms with E-state index in [0.717, 1.165) is 16.5 Å². The molecule has 8 heteroatoms. The van der Waals surface area contributed by atoms with E-state index in [2.05, 4.69) is 4.98 Å². The van der Waals surface area contributed by atoms with Gasteiger partial charge in [-0.3, -0.25) is 9.36 Å². The van der Waals surface area contributed by atoms with Gasteiger partial charge in [0, 0.05) is 33.6 Å². The average Bonchev–Trinajstić information content (AvgIpc) is 3.22. The molecule has 0 radical (unpaired) electrons. The number of rotatable bonds is 5. The van der Waals surface area contributed by atoms with Crippen molar-refractivity contribution in [3.05, 3.63) is 68.4 Å². The molecule has 0 saturated heterocycles. The minimum Gasteiger partial charge on any atom is -0.454 e. The molecule has 0 aliphatic carbocycles. The summed E-state index contributed by atoms with van der Waals surface area (Å²) in [6, 6.07) is 6.24. The Morgan fingerprint density at radius 2 is 1.96 bits per heavy atom. The second-order valence-corrected chi connectivity index (χ2v) is 7.28. The van der Waals surface area contributed by atoms with E-state index < -0.39 is 5.97 Å². The highest BCUT2D eigenvalue weighted by Crippen LogP contribution is 2.24. The Hall–Kier alpha value is -2.15. The summed E-state index contributed by atoms with van der Waals surface area (Å²) < 4.78 is 7.02. The van der Waals surface area contributed by atoms with E-state index >= 15 is 0 Å². The van der Waals surface area contributed by atoms with Crippen LogP contribution in [0.5, 0.6) is 0 Å². The largest absolute Gasteiger partial charge is 0.454 e. The topological polar surface area (TPSA) is 61.2 Å². The third-order valence-electron chi connectivity index (χ3n) is 3.82. The van der Waals surface area contributed by atoms with Crippen molar-refractivity contribution in [3.63, 3.8) is 0 Å². The number of aryl methyl sites for hydroxylation is 1. The molecular weight excluding hydrogens is 395 g/mol. The van der Waals surface area contributed by atoms with Crippen molar-refractivity contribution in [2.75, 3.05) is 6.61 Å². The standard InChI is InChI=1S/C18H14Cl2N2O3S/c1-10-7-13(11(2)22(10)18-21-5-6-26-18)16(23)9-25-17(24)14-8-12(19)3-4-15(14)20/h3-8H,9H2,1-2H3. The van der Waals surface area contributed by atoms with Crippen LogP contribution in [0.1, 0.15) is 32.1 Å². The van der Waals surface area contributed by atoms with Gasteiger partial charge in [-0.05, 0) is 38.1 Å². The van der Waals surface area contributed by atoms with Crippen LogP contribution in [0.3, 0.4) is 0 Å². The van der Waals surface area contributed by atoms with Crippen molar-refractivity contribution >= 4 is 46.3 Å². The predicted molar refractivity (Wildman–Crippen MR) is 102 cm³/mol. The summed E-state index contributed by atoms with van der Waals surface area (Å²) in [6.45, 7) is 3.34. The number of ketones is 1. The first-order chi connectivity index (χ1) is 12.4. The SMILES string of the molecule is Cc1cc(C(=O)COC(=O)c2cc(Cl)ccc2Cl)c(C)n1-c1nccs1. The molecule has 0 fully saturated rings. The number of carbonyl (C=O) groups excluding carboxylic acids is 2. The number of thiazole rings is 1. The van der Waals surface area contributed by atoms with Crippen molar-refractivity contribution in [1.29, 1.82) is 0 Å². The van der Waals surface area contributed by atoms with Gasteiger partial charge >= 0.3 is 5.97 Å². The highest BCUT2D eigenvalue weighted by Gasteiger charge is 2.20. The molecule has 1 aromatic carbocycles. The monoisotopic (exact) mass is 408 g/mol. The fraction of sp³-hybridized carbons (Fsp3) is 0.167. The van der Waals surface area contributed by atoms with Crippen molar-refractivity contribution in [2.45, 2.75) is 13.8 Å². The number of hydrogen-bond acceptors (Lipinski definition) is 5. The van der Waals surface area contributed by atoms with Crippen LogP contribution in [-0.2, 0) is 4.74 Å². The van der Waals surface area contributed by atoms with Crippen LogP contribution in [-0.4, -0.2) is 27.9 Å². The van der Waals surface area contributed by atoms with Crippen molar-refractivity contribution in [3.8, 4) is 5.13 Å². The molecular formula is C18H14Cl2N2O3S. The van der Waals surface area contributed by atoms with Gasteiger partial charge in [0.1, 0.15) is 0 Å². The number of Topliss-reactive ketones (excluding diaryl/α,β-unsaturated/α-hetero) is 1. The van der Waals surface area contributed by atoms with Gasteiger partial charge in [-0.15, -0.1) is 11.3 Å². The molecule has 0 aliphatic heterocycles. The van der Waals surface area contributed by atoms with E-state index in [1.165, 1.54) is 23.5 Å². The number of ether oxygens (including phenoxy) is 1. The Kier molecular flexibility index (Phi) is 5.46. The molecule has 3 rings (SSSR count). The molecule has 26 heavy (non-hydrogen) atoms. The minimum absolute atomic E-state index is 0.125. The summed E-state index contributed by atoms with van der Waals surface area (Å²) in [5.41, 5.74) is 2.24. The first kappa shape index (κ1) is 18.6. The highest BCUT2D eigenvalue weighted by molar-refractivity contribution is 7.12. The molecule has 0 bridgehead atoms. The molecule has 0 aliphatic rings. The third-order valence-corrected chi connectivity index (χ3v) is 5.15. The average molecular weight is 409 g/mol. The second kappa shape index (κ2) is 7.61. The lowest BCUT2D eigenvalue weighted by atomic mass is 10.1. The van der Waals surface area contributed by atoms with E-state index in [0.29, 0.717) is 10.6 Å². The van der Waals surface area contributed by atoms with Crippen LogP contribution in [0.4, 0.5) is 0 Å². The van der Waals surface area contributed by atoms with Gasteiger partial charge in [-0.25, -0.2) is 9.78 Å². The maximum absolute atomic E-state index is 12.5. The number of halogens is 2. The first-order valence-electron chi connectivity index (χ1n) is 7.62. The first-order valence-corrected chi connectivity index (χ1v) is 9.26. The molecule has 5 nitrogen and oxygen atoms in total.